The Morgan fingerprint density at radius 1 is 1.40 bits per heavy atom. The van der Waals surface area contributed by atoms with Gasteiger partial charge in [-0.25, -0.2) is 4.98 Å². The van der Waals surface area contributed by atoms with E-state index in [0.717, 1.165) is 11.8 Å². The van der Waals surface area contributed by atoms with Gasteiger partial charge in [-0.15, -0.1) is 0 Å². The molecule has 0 unspecified atom stereocenters. The minimum absolute atomic E-state index is 0.227. The third-order valence-corrected chi connectivity index (χ3v) is 2.38. The van der Waals surface area contributed by atoms with Gasteiger partial charge in [-0.05, 0) is 23.9 Å². The highest BCUT2D eigenvalue weighted by molar-refractivity contribution is 7.99. The predicted molar refractivity (Wildman–Crippen MR) is 53.1 cm³/mol. The SMILES string of the molecule is O=Cc1ccc(Sc2nccc(=O)[nH]2)o1. The van der Waals surface area contributed by atoms with Gasteiger partial charge in [-0.3, -0.25) is 9.59 Å². The zero-order valence-corrected chi connectivity index (χ0v) is 8.28. The van der Waals surface area contributed by atoms with Gasteiger partial charge in [0.15, 0.2) is 22.3 Å². The van der Waals surface area contributed by atoms with Crippen molar-refractivity contribution in [1.29, 1.82) is 0 Å². The number of carbonyl (C=O) groups excluding carboxylic acids is 1. The van der Waals surface area contributed by atoms with Crippen molar-refractivity contribution in [2.75, 3.05) is 0 Å². The second-order valence-electron chi connectivity index (χ2n) is 2.62. The molecule has 2 aromatic rings. The number of rotatable bonds is 3. The third kappa shape index (κ3) is 2.35. The molecule has 0 fully saturated rings. The molecule has 5 nitrogen and oxygen atoms in total. The Morgan fingerprint density at radius 3 is 2.93 bits per heavy atom. The minimum Gasteiger partial charge on any atom is -0.447 e. The quantitative estimate of drug-likeness (QED) is 0.626. The highest BCUT2D eigenvalue weighted by atomic mass is 32.2. The number of aromatic nitrogens is 2. The lowest BCUT2D eigenvalue weighted by atomic mass is 10.5. The van der Waals surface area contributed by atoms with Crippen molar-refractivity contribution in [3.63, 3.8) is 0 Å². The Bertz CT molecular complexity index is 532. The molecule has 2 heterocycles. The van der Waals surface area contributed by atoms with Gasteiger partial charge in [0.05, 0.1) is 0 Å². The van der Waals surface area contributed by atoms with Crippen LogP contribution in [0.25, 0.3) is 0 Å². The van der Waals surface area contributed by atoms with Crippen LogP contribution in [0.1, 0.15) is 10.6 Å². The Kier molecular flexibility index (Phi) is 2.68. The molecule has 76 valence electrons. The van der Waals surface area contributed by atoms with Crippen LogP contribution in [-0.4, -0.2) is 16.3 Å². The van der Waals surface area contributed by atoms with E-state index in [1.165, 1.54) is 12.3 Å². The molecule has 15 heavy (non-hydrogen) atoms. The summed E-state index contributed by atoms with van der Waals surface area (Å²) in [6, 6.07) is 4.51. The van der Waals surface area contributed by atoms with Crippen molar-refractivity contribution in [3.05, 3.63) is 40.5 Å². The maximum absolute atomic E-state index is 10.9. The maximum Gasteiger partial charge on any atom is 0.251 e. The summed E-state index contributed by atoms with van der Waals surface area (Å²) >= 11 is 1.15. The first-order chi connectivity index (χ1) is 7.28. The van der Waals surface area contributed by atoms with Gasteiger partial charge in [0.2, 0.25) is 0 Å². The van der Waals surface area contributed by atoms with Crippen molar-refractivity contribution < 1.29 is 9.21 Å². The third-order valence-electron chi connectivity index (χ3n) is 1.56. The van der Waals surface area contributed by atoms with Gasteiger partial charge < -0.3 is 9.40 Å². The van der Waals surface area contributed by atoms with E-state index in [0.29, 0.717) is 16.5 Å². The molecule has 0 aromatic carbocycles. The van der Waals surface area contributed by atoms with E-state index in [-0.39, 0.29) is 11.3 Å². The summed E-state index contributed by atoms with van der Waals surface area (Å²) in [5.74, 6) is 0.246. The lowest BCUT2D eigenvalue weighted by molar-refractivity contribution is 0.109. The van der Waals surface area contributed by atoms with Gasteiger partial charge in [-0.2, -0.15) is 0 Å². The molecule has 0 saturated heterocycles. The lowest BCUT2D eigenvalue weighted by Gasteiger charge is -1.94. The Hall–Kier alpha value is -1.82. The van der Waals surface area contributed by atoms with Crippen molar-refractivity contribution in [3.8, 4) is 0 Å². The number of carbonyl (C=O) groups is 1. The number of nitrogens with one attached hydrogen (secondary N) is 1. The molecule has 0 aliphatic carbocycles. The first-order valence-corrected chi connectivity index (χ1v) is 4.88. The number of nitrogens with zero attached hydrogens (tertiary/aromatic N) is 1. The maximum atomic E-state index is 10.9. The van der Waals surface area contributed by atoms with Crippen LogP contribution < -0.4 is 5.56 Å². The molecule has 6 heteroatoms. The van der Waals surface area contributed by atoms with Gasteiger partial charge in [0.25, 0.3) is 5.56 Å². The minimum atomic E-state index is -0.227. The fourth-order valence-corrected chi connectivity index (χ4v) is 1.68. The van der Waals surface area contributed by atoms with Crippen LogP contribution in [0.15, 0.2) is 43.9 Å². The molecule has 1 N–H and O–H groups in total. The lowest BCUT2D eigenvalue weighted by Crippen LogP contribution is -2.04. The van der Waals surface area contributed by atoms with Crippen molar-refractivity contribution in [1.82, 2.24) is 9.97 Å². The molecule has 0 spiro atoms. The van der Waals surface area contributed by atoms with Crippen LogP contribution in [0.3, 0.4) is 0 Å². The molecule has 2 aromatic heterocycles. The zero-order valence-electron chi connectivity index (χ0n) is 7.47. The molecule has 0 bridgehead atoms. The molecule has 0 radical (unpaired) electrons. The smallest absolute Gasteiger partial charge is 0.251 e. The Labute approximate surface area is 88.5 Å². The second kappa shape index (κ2) is 4.14. The van der Waals surface area contributed by atoms with E-state index in [2.05, 4.69) is 9.97 Å². The molecule has 0 amide bonds. The molecule has 2 rings (SSSR count). The summed E-state index contributed by atoms with van der Waals surface area (Å²) in [6.07, 6.45) is 2.02. The number of H-pyrrole nitrogens is 1. The topological polar surface area (TPSA) is 76.0 Å². The summed E-state index contributed by atoms with van der Waals surface area (Å²) < 4.78 is 5.11. The van der Waals surface area contributed by atoms with Crippen molar-refractivity contribution in [2.24, 2.45) is 0 Å². The van der Waals surface area contributed by atoms with Gasteiger partial charge in [-0.1, -0.05) is 0 Å². The van der Waals surface area contributed by atoms with Crippen LogP contribution in [-0.2, 0) is 0 Å². The summed E-state index contributed by atoms with van der Waals surface area (Å²) in [5, 5.41) is 0.931. The molecular weight excluding hydrogens is 216 g/mol. The normalized spacial score (nSPS) is 10.1. The van der Waals surface area contributed by atoms with Crippen LogP contribution in [0, 0.1) is 0 Å². The predicted octanol–water partition coefficient (Wildman–Crippen LogP) is 1.33. The fourth-order valence-electron chi connectivity index (χ4n) is 0.952. The summed E-state index contributed by atoms with van der Waals surface area (Å²) in [6.45, 7) is 0. The molecular formula is C9H6N2O3S. The summed E-state index contributed by atoms with van der Waals surface area (Å²) in [7, 11) is 0. The largest absolute Gasteiger partial charge is 0.447 e. The van der Waals surface area contributed by atoms with E-state index >= 15 is 0 Å². The Balaban J connectivity index is 2.21. The van der Waals surface area contributed by atoms with Crippen LogP contribution in [0.5, 0.6) is 0 Å². The van der Waals surface area contributed by atoms with E-state index < -0.39 is 0 Å². The van der Waals surface area contributed by atoms with Gasteiger partial charge >= 0.3 is 0 Å². The average Bonchev–Trinajstić information content (AvgIpc) is 2.65. The molecule has 0 saturated carbocycles. The van der Waals surface area contributed by atoms with Crippen LogP contribution in [0.4, 0.5) is 0 Å². The summed E-state index contributed by atoms with van der Waals surface area (Å²) in [4.78, 5) is 27.8. The van der Waals surface area contributed by atoms with Gasteiger partial charge in [0.1, 0.15) is 0 Å². The standard InChI is InChI=1S/C9H6N2O3S/c12-5-6-1-2-8(14-6)15-9-10-4-3-7(13)11-9/h1-5H,(H,10,11,13). The monoisotopic (exact) mass is 222 g/mol. The fraction of sp³-hybridized carbons (Fsp3) is 0. The Morgan fingerprint density at radius 2 is 2.27 bits per heavy atom. The molecule has 0 aliphatic heterocycles. The number of hydrogen-bond donors (Lipinski definition) is 1. The van der Waals surface area contributed by atoms with Gasteiger partial charge in [0, 0.05) is 12.3 Å². The van der Waals surface area contributed by atoms with Crippen molar-refractivity contribution >= 4 is 18.0 Å². The van der Waals surface area contributed by atoms with E-state index in [4.69, 9.17) is 4.42 Å². The highest BCUT2D eigenvalue weighted by Crippen LogP contribution is 2.24. The first kappa shape index (κ1) is 9.72. The highest BCUT2D eigenvalue weighted by Gasteiger charge is 2.04. The van der Waals surface area contributed by atoms with Crippen LogP contribution in [0.2, 0.25) is 0 Å². The first-order valence-electron chi connectivity index (χ1n) is 4.06. The number of aromatic amines is 1. The second-order valence-corrected chi connectivity index (χ2v) is 3.61. The number of furan rings is 1. The van der Waals surface area contributed by atoms with Crippen molar-refractivity contribution in [2.45, 2.75) is 10.2 Å². The van der Waals surface area contributed by atoms with E-state index in [1.54, 1.807) is 12.1 Å². The molecule has 0 aliphatic rings. The number of aldehydes is 1. The van der Waals surface area contributed by atoms with Crippen LogP contribution >= 0.6 is 11.8 Å². The molecule has 0 atom stereocenters. The number of hydrogen-bond acceptors (Lipinski definition) is 5. The summed E-state index contributed by atoms with van der Waals surface area (Å²) in [5.41, 5.74) is -0.227. The van der Waals surface area contributed by atoms with E-state index in [9.17, 15) is 9.59 Å². The average molecular weight is 222 g/mol. The zero-order chi connectivity index (χ0) is 10.7. The van der Waals surface area contributed by atoms with E-state index in [1.807, 2.05) is 0 Å².